The summed E-state index contributed by atoms with van der Waals surface area (Å²) in [6.07, 6.45) is 6.35. The molecule has 7 heteroatoms. The van der Waals surface area contributed by atoms with Gasteiger partial charge in [0.2, 0.25) is 11.9 Å². The van der Waals surface area contributed by atoms with E-state index in [9.17, 15) is 0 Å². The second kappa shape index (κ2) is 7.89. The number of nitrogens with zero attached hydrogens (tertiary/aromatic N) is 5. The van der Waals surface area contributed by atoms with E-state index in [1.165, 1.54) is 16.7 Å². The second-order valence-electron chi connectivity index (χ2n) is 9.44. The van der Waals surface area contributed by atoms with Crippen LogP contribution in [0.3, 0.4) is 0 Å². The summed E-state index contributed by atoms with van der Waals surface area (Å²) in [7, 11) is 0. The smallest absolute Gasteiger partial charge is 0.230 e. The number of nitrogens with one attached hydrogen (secondary N) is 1. The zero-order valence-corrected chi connectivity index (χ0v) is 18.8. The summed E-state index contributed by atoms with van der Waals surface area (Å²) in [5, 5.41) is 8.42. The van der Waals surface area contributed by atoms with Crippen molar-refractivity contribution < 1.29 is 4.74 Å². The van der Waals surface area contributed by atoms with Gasteiger partial charge in [-0.2, -0.15) is 19.6 Å². The Kier molecular flexibility index (Phi) is 4.86. The molecule has 0 amide bonds. The van der Waals surface area contributed by atoms with Crippen LogP contribution in [0.15, 0.2) is 36.0 Å². The maximum Gasteiger partial charge on any atom is 0.230 e. The summed E-state index contributed by atoms with van der Waals surface area (Å²) in [6, 6.07) is 9.20. The number of rotatable bonds is 4. The molecule has 3 aliphatic rings. The molecule has 32 heavy (non-hydrogen) atoms. The van der Waals surface area contributed by atoms with E-state index in [0.29, 0.717) is 25.2 Å². The maximum absolute atomic E-state index is 5.54. The lowest BCUT2D eigenvalue weighted by Gasteiger charge is -2.29. The van der Waals surface area contributed by atoms with Crippen molar-refractivity contribution in [2.75, 3.05) is 36.5 Å². The summed E-state index contributed by atoms with van der Waals surface area (Å²) in [4.78, 5) is 12.1. The third-order valence-corrected chi connectivity index (χ3v) is 7.05. The van der Waals surface area contributed by atoms with Crippen LogP contribution in [0.4, 0.5) is 11.9 Å². The van der Waals surface area contributed by atoms with Crippen LogP contribution >= 0.6 is 0 Å². The fourth-order valence-electron chi connectivity index (χ4n) is 5.28. The first-order valence-corrected chi connectivity index (χ1v) is 11.8. The fraction of sp³-hybridized carbons (Fsp3) is 0.480. The molecule has 0 spiro atoms. The predicted molar refractivity (Wildman–Crippen MR) is 126 cm³/mol. The molecule has 1 aromatic carbocycles. The molecule has 3 heterocycles. The van der Waals surface area contributed by atoms with Gasteiger partial charge >= 0.3 is 0 Å². The Balaban J connectivity index is 1.34. The van der Waals surface area contributed by atoms with E-state index in [1.54, 1.807) is 5.57 Å². The van der Waals surface area contributed by atoms with Crippen LogP contribution in [0.5, 0.6) is 0 Å². The first kappa shape index (κ1) is 19.7. The number of ether oxygens (including phenoxy) is 1. The Morgan fingerprint density at radius 2 is 1.97 bits per heavy atom. The van der Waals surface area contributed by atoms with Gasteiger partial charge in [0, 0.05) is 24.7 Å². The lowest BCUT2D eigenvalue weighted by molar-refractivity contribution is 0.122. The van der Waals surface area contributed by atoms with Crippen LogP contribution < -0.4 is 10.2 Å². The van der Waals surface area contributed by atoms with Gasteiger partial charge in [0.1, 0.15) is 0 Å². The fourth-order valence-corrected chi connectivity index (χ4v) is 5.28. The van der Waals surface area contributed by atoms with Crippen LogP contribution in [0.1, 0.15) is 55.7 Å². The Morgan fingerprint density at radius 3 is 2.81 bits per heavy atom. The second-order valence-corrected chi connectivity index (χ2v) is 9.44. The molecule has 7 nitrogen and oxygen atoms in total. The first-order valence-electron chi connectivity index (χ1n) is 11.8. The lowest BCUT2D eigenvalue weighted by atomic mass is 9.88. The normalized spacial score (nSPS) is 20.7. The minimum Gasteiger partial charge on any atom is -0.378 e. The third kappa shape index (κ3) is 3.35. The van der Waals surface area contributed by atoms with E-state index in [0.717, 1.165) is 61.9 Å². The van der Waals surface area contributed by atoms with Gasteiger partial charge in [-0.3, -0.25) is 0 Å². The zero-order chi connectivity index (χ0) is 21.7. The Bertz CT molecular complexity index is 1190. The van der Waals surface area contributed by atoms with Crippen LogP contribution in [0, 0.1) is 0 Å². The van der Waals surface area contributed by atoms with Crippen molar-refractivity contribution in [1.82, 2.24) is 19.6 Å². The number of fused-ring (bicyclic) bond motifs is 3. The quantitative estimate of drug-likeness (QED) is 0.673. The van der Waals surface area contributed by atoms with E-state index in [1.807, 2.05) is 10.7 Å². The topological polar surface area (TPSA) is 67.6 Å². The molecule has 0 radical (unpaired) electrons. The minimum absolute atomic E-state index is 0.335. The summed E-state index contributed by atoms with van der Waals surface area (Å²) >= 11 is 0. The van der Waals surface area contributed by atoms with Crippen LogP contribution in [-0.2, 0) is 11.2 Å². The Morgan fingerprint density at radius 1 is 1.12 bits per heavy atom. The Hall–Kier alpha value is -2.93. The highest BCUT2D eigenvalue weighted by Crippen LogP contribution is 2.42. The van der Waals surface area contributed by atoms with Gasteiger partial charge in [-0.15, -0.1) is 0 Å². The van der Waals surface area contributed by atoms with Crippen molar-refractivity contribution in [3.63, 3.8) is 0 Å². The van der Waals surface area contributed by atoms with Crippen molar-refractivity contribution in [1.29, 1.82) is 0 Å². The zero-order valence-electron chi connectivity index (χ0n) is 18.8. The highest BCUT2D eigenvalue weighted by atomic mass is 16.5. The Labute approximate surface area is 188 Å². The number of hydrogen-bond acceptors (Lipinski definition) is 6. The van der Waals surface area contributed by atoms with E-state index in [2.05, 4.69) is 53.4 Å². The van der Waals surface area contributed by atoms with Gasteiger partial charge in [-0.25, -0.2) is 0 Å². The van der Waals surface area contributed by atoms with E-state index in [4.69, 9.17) is 14.7 Å². The van der Waals surface area contributed by atoms with Crippen LogP contribution in [-0.4, -0.2) is 51.9 Å². The van der Waals surface area contributed by atoms with E-state index >= 15 is 0 Å². The molecule has 3 aromatic rings. The largest absolute Gasteiger partial charge is 0.378 e. The van der Waals surface area contributed by atoms with Gasteiger partial charge < -0.3 is 15.0 Å². The summed E-state index contributed by atoms with van der Waals surface area (Å²) in [5.41, 5.74) is 8.13. The summed E-state index contributed by atoms with van der Waals surface area (Å²) < 4.78 is 7.44. The minimum atomic E-state index is 0.335. The van der Waals surface area contributed by atoms with E-state index in [-0.39, 0.29) is 0 Å². The molecular formula is C25H30N6O. The monoisotopic (exact) mass is 430 g/mol. The van der Waals surface area contributed by atoms with E-state index < -0.39 is 0 Å². The van der Waals surface area contributed by atoms with Crippen LogP contribution in [0.25, 0.3) is 11.2 Å². The van der Waals surface area contributed by atoms with Gasteiger partial charge in [0.25, 0.3) is 0 Å². The van der Waals surface area contributed by atoms with Crippen molar-refractivity contribution in [2.24, 2.45) is 0 Å². The highest BCUT2D eigenvalue weighted by molar-refractivity contribution is 5.77. The molecule has 0 bridgehead atoms. The molecule has 2 aromatic heterocycles. The molecule has 6 rings (SSSR count). The molecule has 0 unspecified atom stereocenters. The molecule has 166 valence electrons. The molecule has 1 N–H and O–H groups in total. The van der Waals surface area contributed by atoms with Gasteiger partial charge in [-0.05, 0) is 48.3 Å². The average molecular weight is 431 g/mol. The molecule has 1 aliphatic heterocycles. The number of allylic oxidation sites excluding steroid dienone is 1. The maximum atomic E-state index is 5.54. The van der Waals surface area contributed by atoms with Gasteiger partial charge in [-0.1, -0.05) is 43.7 Å². The third-order valence-electron chi connectivity index (χ3n) is 7.05. The highest BCUT2D eigenvalue weighted by Gasteiger charge is 2.29. The molecule has 1 saturated heterocycles. The molecule has 1 fully saturated rings. The lowest BCUT2D eigenvalue weighted by Crippen LogP contribution is -2.38. The number of benzene rings is 1. The molecule has 2 aliphatic carbocycles. The van der Waals surface area contributed by atoms with Crippen molar-refractivity contribution in [2.45, 2.75) is 51.5 Å². The number of aromatic nitrogens is 4. The number of hydrogen-bond donors (Lipinski definition) is 1. The summed E-state index contributed by atoms with van der Waals surface area (Å²) in [6.45, 7) is 7.44. The average Bonchev–Trinajstić information content (AvgIpc) is 3.41. The van der Waals surface area contributed by atoms with Crippen molar-refractivity contribution in [3.8, 4) is 0 Å². The predicted octanol–water partition coefficient (Wildman–Crippen LogP) is 4.06. The first-order chi connectivity index (χ1) is 15.7. The van der Waals surface area contributed by atoms with Gasteiger partial charge in [0.15, 0.2) is 5.65 Å². The number of morpholine rings is 1. The van der Waals surface area contributed by atoms with Crippen LogP contribution in [0.2, 0.25) is 0 Å². The molecular weight excluding hydrogens is 400 g/mol. The SMILES string of the molecule is CC(C)c1cnn2c(N[C@@H]3CCC4=C(C3)c3ccccc3C4)nc(N3CCOCC3)nc12. The number of anilines is 2. The van der Waals surface area contributed by atoms with Gasteiger partial charge in [0.05, 0.1) is 19.4 Å². The summed E-state index contributed by atoms with van der Waals surface area (Å²) in [5.74, 6) is 1.92. The van der Waals surface area contributed by atoms with Crippen molar-refractivity contribution >= 4 is 23.1 Å². The van der Waals surface area contributed by atoms with Crippen molar-refractivity contribution in [3.05, 3.63) is 52.7 Å². The molecule has 0 saturated carbocycles. The standard InChI is InChI=1S/C25H30N6O/c1-16(2)22-15-26-31-23(22)28-24(30-9-11-32-12-10-30)29-25(31)27-19-8-7-18-13-17-5-3-4-6-20(17)21(18)14-19/h3-6,15-16,19H,7-14H2,1-2H3,(H,27,28,29)/t19-/m1/s1. The molecule has 1 atom stereocenters.